The lowest BCUT2D eigenvalue weighted by atomic mass is 9.96. The Morgan fingerprint density at radius 3 is 3.07 bits per heavy atom. The Balaban J connectivity index is 2.55. The van der Waals surface area contributed by atoms with Crippen LogP contribution in [0.5, 0.6) is 0 Å². The van der Waals surface area contributed by atoms with E-state index in [1.54, 1.807) is 0 Å². The van der Waals surface area contributed by atoms with Crippen LogP contribution >= 0.6 is 0 Å². The number of nitrogens with zero attached hydrogens (tertiary/aromatic N) is 1. The Hall–Kier alpha value is -1.64. The van der Waals surface area contributed by atoms with Gasteiger partial charge in [0, 0.05) is 17.4 Å². The van der Waals surface area contributed by atoms with E-state index in [1.165, 1.54) is 0 Å². The van der Waals surface area contributed by atoms with Crippen molar-refractivity contribution in [1.29, 1.82) is 0 Å². The van der Waals surface area contributed by atoms with Gasteiger partial charge < -0.3 is 9.32 Å². The van der Waals surface area contributed by atoms with Crippen LogP contribution in [0.4, 0.5) is 0 Å². The lowest BCUT2D eigenvalue weighted by molar-refractivity contribution is -0.108. The average Bonchev–Trinajstić information content (AvgIpc) is 2.61. The van der Waals surface area contributed by atoms with Gasteiger partial charge >= 0.3 is 0 Å². The summed E-state index contributed by atoms with van der Waals surface area (Å²) < 4.78 is 5.28. The van der Waals surface area contributed by atoms with Crippen LogP contribution in [-0.4, -0.2) is 11.4 Å². The number of para-hydroxylation sites is 1. The van der Waals surface area contributed by atoms with Crippen molar-refractivity contribution in [3.05, 3.63) is 29.5 Å². The molecule has 0 aliphatic rings. The van der Waals surface area contributed by atoms with Gasteiger partial charge in [-0.15, -0.1) is 0 Å². The summed E-state index contributed by atoms with van der Waals surface area (Å²) in [5.74, 6) is 0.179. The molecule has 0 aliphatic heterocycles. The molecule has 1 unspecified atom stereocenters. The van der Waals surface area contributed by atoms with Crippen LogP contribution in [0.25, 0.3) is 11.0 Å². The number of aryl methyl sites for hydroxylation is 1. The van der Waals surface area contributed by atoms with E-state index in [1.807, 2.05) is 32.0 Å². The number of fused-ring (bicyclic) bond motifs is 1. The van der Waals surface area contributed by atoms with Crippen molar-refractivity contribution in [1.82, 2.24) is 5.16 Å². The van der Waals surface area contributed by atoms with E-state index in [4.69, 9.17) is 4.52 Å². The zero-order valence-electron chi connectivity index (χ0n) is 8.86. The van der Waals surface area contributed by atoms with Gasteiger partial charge in [0.2, 0.25) is 0 Å². The van der Waals surface area contributed by atoms with Gasteiger partial charge in [-0.25, -0.2) is 0 Å². The third-order valence-electron chi connectivity index (χ3n) is 2.69. The highest BCUT2D eigenvalue weighted by Gasteiger charge is 2.13. The summed E-state index contributed by atoms with van der Waals surface area (Å²) in [5.41, 5.74) is 2.76. The quantitative estimate of drug-likeness (QED) is 0.720. The molecule has 0 saturated heterocycles. The van der Waals surface area contributed by atoms with Crippen molar-refractivity contribution in [2.24, 2.45) is 0 Å². The minimum absolute atomic E-state index is 0.179. The molecule has 0 spiro atoms. The number of carbonyl (C=O) groups is 1. The first-order valence-corrected chi connectivity index (χ1v) is 5.02. The molecule has 0 bridgehead atoms. The molecule has 1 atom stereocenters. The maximum Gasteiger partial charge on any atom is 0.170 e. The summed E-state index contributed by atoms with van der Waals surface area (Å²) in [6, 6.07) is 5.95. The Morgan fingerprint density at radius 1 is 1.53 bits per heavy atom. The molecular formula is C12H13NO2. The van der Waals surface area contributed by atoms with Gasteiger partial charge in [0.25, 0.3) is 0 Å². The van der Waals surface area contributed by atoms with Crippen molar-refractivity contribution >= 4 is 17.3 Å². The van der Waals surface area contributed by atoms with Crippen molar-refractivity contribution in [3.63, 3.8) is 0 Å². The highest BCUT2D eigenvalue weighted by Crippen LogP contribution is 2.28. The standard InChI is InChI=1S/C12H13NO2/c1-8(6-7-14)10-4-3-5-11-9(2)13-15-12(10)11/h3-5,7-8H,6H2,1-2H3. The van der Waals surface area contributed by atoms with Gasteiger partial charge in [-0.3, -0.25) is 0 Å². The van der Waals surface area contributed by atoms with Gasteiger partial charge in [0.1, 0.15) is 6.29 Å². The summed E-state index contributed by atoms with van der Waals surface area (Å²) in [6.45, 7) is 3.93. The Bertz CT molecular complexity index is 487. The SMILES string of the molecule is Cc1noc2c(C(C)CC=O)cccc12. The van der Waals surface area contributed by atoms with E-state index < -0.39 is 0 Å². The van der Waals surface area contributed by atoms with Crippen LogP contribution in [0.15, 0.2) is 22.7 Å². The van der Waals surface area contributed by atoms with Gasteiger partial charge in [-0.2, -0.15) is 0 Å². The van der Waals surface area contributed by atoms with Gasteiger partial charge in [0.05, 0.1) is 5.69 Å². The van der Waals surface area contributed by atoms with Crippen LogP contribution in [0.3, 0.4) is 0 Å². The topological polar surface area (TPSA) is 43.1 Å². The van der Waals surface area contributed by atoms with Gasteiger partial charge in [-0.05, 0) is 18.9 Å². The van der Waals surface area contributed by atoms with E-state index in [-0.39, 0.29) is 5.92 Å². The molecule has 1 heterocycles. The second-order valence-corrected chi connectivity index (χ2v) is 3.80. The molecule has 78 valence electrons. The maximum absolute atomic E-state index is 10.5. The lowest BCUT2D eigenvalue weighted by Gasteiger charge is -2.07. The minimum atomic E-state index is 0.179. The predicted octanol–water partition coefficient (Wildman–Crippen LogP) is 2.83. The number of aldehydes is 1. The fourth-order valence-electron chi connectivity index (χ4n) is 1.76. The van der Waals surface area contributed by atoms with Crippen LogP contribution in [-0.2, 0) is 4.79 Å². The first kappa shape index (κ1) is 9.90. The lowest BCUT2D eigenvalue weighted by Crippen LogP contribution is -1.94. The second-order valence-electron chi connectivity index (χ2n) is 3.80. The predicted molar refractivity (Wildman–Crippen MR) is 57.8 cm³/mol. The van der Waals surface area contributed by atoms with Crippen LogP contribution in [0.1, 0.15) is 30.5 Å². The number of aromatic nitrogens is 1. The fourth-order valence-corrected chi connectivity index (χ4v) is 1.76. The number of rotatable bonds is 3. The number of benzene rings is 1. The number of carbonyl (C=O) groups excluding carboxylic acids is 1. The molecule has 2 aromatic rings. The third kappa shape index (κ3) is 1.65. The summed E-state index contributed by atoms with van der Waals surface area (Å²) in [7, 11) is 0. The van der Waals surface area contributed by atoms with Crippen molar-refractivity contribution in [2.45, 2.75) is 26.2 Å². The molecule has 0 radical (unpaired) electrons. The molecule has 3 nitrogen and oxygen atoms in total. The highest BCUT2D eigenvalue weighted by molar-refractivity contribution is 5.82. The second kappa shape index (κ2) is 3.85. The molecule has 0 fully saturated rings. The van der Waals surface area contributed by atoms with Crippen LogP contribution < -0.4 is 0 Å². The van der Waals surface area contributed by atoms with Crippen molar-refractivity contribution < 1.29 is 9.32 Å². The molecule has 3 heteroatoms. The molecular weight excluding hydrogens is 190 g/mol. The molecule has 0 saturated carbocycles. The van der Waals surface area contributed by atoms with Crippen molar-refractivity contribution in [3.8, 4) is 0 Å². The maximum atomic E-state index is 10.5. The zero-order valence-corrected chi connectivity index (χ0v) is 8.86. The molecule has 0 amide bonds. The van der Waals surface area contributed by atoms with E-state index in [9.17, 15) is 4.79 Å². The molecule has 1 aromatic carbocycles. The largest absolute Gasteiger partial charge is 0.356 e. The summed E-state index contributed by atoms with van der Waals surface area (Å²) >= 11 is 0. The molecule has 0 aliphatic carbocycles. The minimum Gasteiger partial charge on any atom is -0.356 e. The van der Waals surface area contributed by atoms with E-state index >= 15 is 0 Å². The highest BCUT2D eigenvalue weighted by atomic mass is 16.5. The van der Waals surface area contributed by atoms with Gasteiger partial charge in [-0.1, -0.05) is 24.2 Å². The van der Waals surface area contributed by atoms with Crippen LogP contribution in [0, 0.1) is 6.92 Å². The molecule has 15 heavy (non-hydrogen) atoms. The summed E-state index contributed by atoms with van der Waals surface area (Å²) in [6.07, 6.45) is 1.45. The molecule has 1 aromatic heterocycles. The monoisotopic (exact) mass is 203 g/mol. The summed E-state index contributed by atoms with van der Waals surface area (Å²) in [5, 5.41) is 4.97. The first-order chi connectivity index (χ1) is 7.24. The Labute approximate surface area is 88.1 Å². The van der Waals surface area contributed by atoms with E-state index in [0.29, 0.717) is 6.42 Å². The molecule has 0 N–H and O–H groups in total. The first-order valence-electron chi connectivity index (χ1n) is 5.02. The zero-order chi connectivity index (χ0) is 10.8. The normalized spacial score (nSPS) is 12.9. The Morgan fingerprint density at radius 2 is 2.33 bits per heavy atom. The number of hydrogen-bond donors (Lipinski definition) is 0. The Kier molecular flexibility index (Phi) is 2.54. The van der Waals surface area contributed by atoms with E-state index in [0.717, 1.165) is 28.5 Å². The smallest absolute Gasteiger partial charge is 0.170 e. The van der Waals surface area contributed by atoms with Crippen LogP contribution in [0.2, 0.25) is 0 Å². The van der Waals surface area contributed by atoms with Crippen molar-refractivity contribution in [2.75, 3.05) is 0 Å². The third-order valence-corrected chi connectivity index (χ3v) is 2.69. The molecule has 2 rings (SSSR count). The number of hydrogen-bond acceptors (Lipinski definition) is 3. The summed E-state index contributed by atoms with van der Waals surface area (Å²) in [4.78, 5) is 10.5. The van der Waals surface area contributed by atoms with E-state index in [2.05, 4.69) is 5.16 Å². The average molecular weight is 203 g/mol. The fraction of sp³-hybridized carbons (Fsp3) is 0.333. The van der Waals surface area contributed by atoms with Gasteiger partial charge in [0.15, 0.2) is 5.58 Å².